The topological polar surface area (TPSA) is 77.5 Å². The summed E-state index contributed by atoms with van der Waals surface area (Å²) in [7, 11) is 1.58. The molecule has 0 N–H and O–H groups in total. The van der Waals surface area contributed by atoms with Crippen LogP contribution < -0.4 is 18.9 Å². The number of hydrogen-bond donors (Lipinski definition) is 0. The predicted octanol–water partition coefficient (Wildman–Crippen LogP) is 4.37. The van der Waals surface area contributed by atoms with E-state index in [1.165, 1.54) is 12.8 Å². The zero-order chi connectivity index (χ0) is 25.8. The Labute approximate surface area is 218 Å². The molecule has 37 heavy (non-hydrogen) atoms. The van der Waals surface area contributed by atoms with Gasteiger partial charge in [0, 0.05) is 6.04 Å². The highest BCUT2D eigenvalue weighted by Gasteiger charge is 2.44. The first-order valence-corrected chi connectivity index (χ1v) is 13.4. The van der Waals surface area contributed by atoms with Gasteiger partial charge in [-0.3, -0.25) is 9.59 Å². The molecule has 0 bridgehead atoms. The van der Waals surface area contributed by atoms with E-state index in [0.717, 1.165) is 25.7 Å². The Morgan fingerprint density at radius 1 is 0.973 bits per heavy atom. The van der Waals surface area contributed by atoms with Crippen LogP contribution in [0.5, 0.6) is 23.0 Å². The maximum Gasteiger partial charge on any atom is 0.250 e. The van der Waals surface area contributed by atoms with E-state index in [4.69, 9.17) is 18.9 Å². The molecular weight excluding hydrogens is 472 g/mol. The van der Waals surface area contributed by atoms with Gasteiger partial charge in [-0.05, 0) is 49.6 Å². The van der Waals surface area contributed by atoms with E-state index >= 15 is 0 Å². The first-order chi connectivity index (χ1) is 18.1. The third-order valence-electron chi connectivity index (χ3n) is 7.49. The molecule has 1 aliphatic carbocycles. The number of nitrogens with zero attached hydrogens (tertiary/aromatic N) is 2. The first kappa shape index (κ1) is 25.2. The van der Waals surface area contributed by atoms with Crippen LogP contribution in [0, 0.1) is 0 Å². The highest BCUT2D eigenvalue weighted by atomic mass is 16.6. The van der Waals surface area contributed by atoms with Gasteiger partial charge in [0.1, 0.15) is 19.2 Å². The largest absolute Gasteiger partial charge is 0.493 e. The van der Waals surface area contributed by atoms with Crippen molar-refractivity contribution in [3.8, 4) is 23.0 Å². The Kier molecular flexibility index (Phi) is 7.72. The standard InChI is InChI=1S/C29H36N2O6/c1-3-35-24-15-14-20(16-26(24)34-2)28-29(33)30(21-10-6-4-5-7-11-21)18-27(32)31(28)17-22-19-36-23-12-8-9-13-25(23)37-22/h8-9,12-16,21-22,28H,3-7,10-11,17-19H2,1-2H3/t22-,28-/m0/s1. The van der Waals surface area contributed by atoms with Crippen LogP contribution in [-0.2, 0) is 9.59 Å². The lowest BCUT2D eigenvalue weighted by Gasteiger charge is -2.44. The van der Waals surface area contributed by atoms with Gasteiger partial charge in [0.15, 0.2) is 29.1 Å². The van der Waals surface area contributed by atoms with E-state index in [9.17, 15) is 9.59 Å². The second kappa shape index (κ2) is 11.3. The van der Waals surface area contributed by atoms with Crippen molar-refractivity contribution in [3.63, 3.8) is 0 Å². The van der Waals surface area contributed by atoms with Crippen LogP contribution in [0.4, 0.5) is 0 Å². The lowest BCUT2D eigenvalue weighted by molar-refractivity contribution is -0.160. The minimum absolute atomic E-state index is 0.0464. The molecule has 0 radical (unpaired) electrons. The van der Waals surface area contributed by atoms with Crippen LogP contribution in [0.1, 0.15) is 57.1 Å². The minimum Gasteiger partial charge on any atom is -0.493 e. The van der Waals surface area contributed by atoms with Crippen LogP contribution in [0.3, 0.4) is 0 Å². The third kappa shape index (κ3) is 5.33. The highest BCUT2D eigenvalue weighted by molar-refractivity contribution is 5.96. The first-order valence-electron chi connectivity index (χ1n) is 13.4. The fourth-order valence-corrected chi connectivity index (χ4v) is 5.66. The van der Waals surface area contributed by atoms with Gasteiger partial charge in [-0.1, -0.05) is 43.9 Å². The highest BCUT2D eigenvalue weighted by Crippen LogP contribution is 2.38. The number of amides is 2. The number of fused-ring (bicyclic) bond motifs is 1. The monoisotopic (exact) mass is 508 g/mol. The molecule has 2 aromatic rings. The van der Waals surface area contributed by atoms with Crippen molar-refractivity contribution in [2.24, 2.45) is 0 Å². The number of piperazine rings is 1. The van der Waals surface area contributed by atoms with Crippen molar-refractivity contribution in [3.05, 3.63) is 48.0 Å². The van der Waals surface area contributed by atoms with Gasteiger partial charge in [0.05, 0.1) is 20.3 Å². The summed E-state index contributed by atoms with van der Waals surface area (Å²) in [5.41, 5.74) is 0.703. The number of carbonyl (C=O) groups is 2. The number of hydrogen-bond acceptors (Lipinski definition) is 6. The Hall–Kier alpha value is -3.42. The van der Waals surface area contributed by atoms with Crippen LogP contribution in [0.25, 0.3) is 0 Å². The summed E-state index contributed by atoms with van der Waals surface area (Å²) in [4.78, 5) is 31.3. The van der Waals surface area contributed by atoms with E-state index in [-0.39, 0.29) is 37.0 Å². The zero-order valence-corrected chi connectivity index (χ0v) is 21.7. The minimum atomic E-state index is -0.769. The predicted molar refractivity (Wildman–Crippen MR) is 138 cm³/mol. The van der Waals surface area contributed by atoms with Gasteiger partial charge in [-0.2, -0.15) is 0 Å². The molecule has 1 saturated heterocycles. The van der Waals surface area contributed by atoms with E-state index in [1.54, 1.807) is 12.0 Å². The van der Waals surface area contributed by atoms with Gasteiger partial charge in [-0.25, -0.2) is 0 Å². The normalized spacial score (nSPS) is 22.5. The van der Waals surface area contributed by atoms with Crippen LogP contribution in [0.2, 0.25) is 0 Å². The van der Waals surface area contributed by atoms with E-state index in [0.29, 0.717) is 41.8 Å². The molecule has 2 fully saturated rings. The van der Waals surface area contributed by atoms with E-state index < -0.39 is 6.04 Å². The molecule has 2 aromatic carbocycles. The molecule has 0 aromatic heterocycles. The molecule has 2 atom stereocenters. The smallest absolute Gasteiger partial charge is 0.250 e. The Morgan fingerprint density at radius 2 is 1.73 bits per heavy atom. The van der Waals surface area contributed by atoms with Gasteiger partial charge < -0.3 is 28.7 Å². The number of carbonyl (C=O) groups excluding carboxylic acids is 2. The molecule has 2 heterocycles. The maximum atomic E-state index is 14.1. The van der Waals surface area contributed by atoms with Crippen LogP contribution in [-0.4, -0.2) is 67.2 Å². The zero-order valence-electron chi connectivity index (χ0n) is 21.7. The average molecular weight is 509 g/mol. The molecule has 8 nitrogen and oxygen atoms in total. The second-order valence-electron chi connectivity index (χ2n) is 9.90. The van der Waals surface area contributed by atoms with E-state index in [1.807, 2.05) is 54.3 Å². The number of methoxy groups -OCH3 is 1. The fourth-order valence-electron chi connectivity index (χ4n) is 5.66. The molecule has 198 valence electrons. The fraction of sp³-hybridized carbons (Fsp3) is 0.517. The lowest BCUT2D eigenvalue weighted by atomic mass is 9.96. The molecule has 1 saturated carbocycles. The summed E-state index contributed by atoms with van der Waals surface area (Å²) in [5.74, 6) is 2.36. The maximum absolute atomic E-state index is 14.1. The number of benzene rings is 2. The lowest BCUT2D eigenvalue weighted by Crippen LogP contribution is -2.60. The molecule has 2 aliphatic heterocycles. The van der Waals surface area contributed by atoms with E-state index in [2.05, 4.69) is 0 Å². The Balaban J connectivity index is 1.46. The summed E-state index contributed by atoms with van der Waals surface area (Å²) >= 11 is 0. The number of para-hydroxylation sites is 2. The summed E-state index contributed by atoms with van der Waals surface area (Å²) < 4.78 is 23.3. The van der Waals surface area contributed by atoms with Crippen molar-refractivity contribution in [2.75, 3.05) is 33.4 Å². The van der Waals surface area contributed by atoms with Crippen LogP contribution in [0.15, 0.2) is 42.5 Å². The molecule has 8 heteroatoms. The molecule has 5 rings (SSSR count). The summed E-state index contributed by atoms with van der Waals surface area (Å²) in [6, 6.07) is 12.3. The summed E-state index contributed by atoms with van der Waals surface area (Å²) in [6.07, 6.45) is 6.02. The Morgan fingerprint density at radius 3 is 2.46 bits per heavy atom. The third-order valence-corrected chi connectivity index (χ3v) is 7.49. The van der Waals surface area contributed by atoms with Gasteiger partial charge in [-0.15, -0.1) is 0 Å². The SMILES string of the molecule is CCOc1ccc([C@H]2C(=O)N(C3CCCCCC3)CC(=O)N2C[C@H]2COc3ccccc3O2)cc1OC. The molecular formula is C29H36N2O6. The molecule has 2 amide bonds. The number of ether oxygens (including phenoxy) is 4. The van der Waals surface area contributed by atoms with Crippen molar-refractivity contribution < 1.29 is 28.5 Å². The van der Waals surface area contributed by atoms with Gasteiger partial charge in [0.25, 0.3) is 5.91 Å². The van der Waals surface area contributed by atoms with Crippen molar-refractivity contribution in [1.82, 2.24) is 9.80 Å². The number of rotatable bonds is 7. The average Bonchev–Trinajstić information content (AvgIpc) is 3.21. The van der Waals surface area contributed by atoms with Gasteiger partial charge >= 0.3 is 0 Å². The van der Waals surface area contributed by atoms with Crippen molar-refractivity contribution in [1.29, 1.82) is 0 Å². The van der Waals surface area contributed by atoms with Crippen molar-refractivity contribution in [2.45, 2.75) is 63.6 Å². The Bertz CT molecular complexity index is 1110. The summed E-state index contributed by atoms with van der Waals surface area (Å²) in [6.45, 7) is 3.06. The summed E-state index contributed by atoms with van der Waals surface area (Å²) in [5, 5.41) is 0. The molecule has 0 spiro atoms. The molecule has 0 unspecified atom stereocenters. The molecule has 3 aliphatic rings. The quantitative estimate of drug-likeness (QED) is 0.517. The second-order valence-corrected chi connectivity index (χ2v) is 9.90. The van der Waals surface area contributed by atoms with Crippen molar-refractivity contribution >= 4 is 11.8 Å². The van der Waals surface area contributed by atoms with Gasteiger partial charge in [0.2, 0.25) is 5.91 Å². The van der Waals surface area contributed by atoms with Crippen LogP contribution >= 0.6 is 0 Å².